The molecule has 6 nitrogen and oxygen atoms in total. The van der Waals surface area contributed by atoms with Crippen LogP contribution in [0.15, 0.2) is 36.5 Å². The van der Waals surface area contributed by atoms with Crippen molar-refractivity contribution >= 4 is 23.4 Å². The van der Waals surface area contributed by atoms with Crippen molar-refractivity contribution in [1.82, 2.24) is 9.97 Å². The molecule has 0 radical (unpaired) electrons. The highest BCUT2D eigenvalue weighted by Gasteiger charge is 2.32. The number of aromatic nitrogens is 2. The lowest BCUT2D eigenvalue weighted by molar-refractivity contribution is -0.122. The minimum atomic E-state index is 0.0921. The van der Waals surface area contributed by atoms with Crippen molar-refractivity contribution in [2.75, 3.05) is 48.4 Å². The third-order valence-corrected chi connectivity index (χ3v) is 5.37. The molecule has 1 fully saturated rings. The van der Waals surface area contributed by atoms with Crippen LogP contribution in [0, 0.1) is 5.92 Å². The van der Waals surface area contributed by atoms with E-state index in [1.165, 1.54) is 5.56 Å². The predicted molar refractivity (Wildman–Crippen MR) is 104 cm³/mol. The zero-order chi connectivity index (χ0) is 18.1. The summed E-state index contributed by atoms with van der Waals surface area (Å²) in [5.74, 6) is 2.03. The third kappa shape index (κ3) is 3.11. The minimum absolute atomic E-state index is 0.0921. The Morgan fingerprint density at radius 1 is 1.12 bits per heavy atom. The first-order valence-corrected chi connectivity index (χ1v) is 9.28. The normalized spacial score (nSPS) is 17.3. The van der Waals surface area contributed by atoms with Gasteiger partial charge in [0.2, 0.25) is 11.9 Å². The second-order valence-electron chi connectivity index (χ2n) is 7.24. The number of hydrogen-bond acceptors (Lipinski definition) is 5. The van der Waals surface area contributed by atoms with Gasteiger partial charge in [0.25, 0.3) is 0 Å². The van der Waals surface area contributed by atoms with Crippen molar-refractivity contribution in [2.24, 2.45) is 5.92 Å². The molecular weight excluding hydrogens is 326 g/mol. The molecule has 0 aliphatic carbocycles. The van der Waals surface area contributed by atoms with Gasteiger partial charge in [0.05, 0.1) is 0 Å². The summed E-state index contributed by atoms with van der Waals surface area (Å²) >= 11 is 0. The number of carbonyl (C=O) groups is 1. The van der Waals surface area contributed by atoms with Gasteiger partial charge in [-0.2, -0.15) is 4.98 Å². The fourth-order valence-corrected chi connectivity index (χ4v) is 3.85. The SMILES string of the molecule is CN(C)c1ccnc(N2CCC(C(=O)N3CCc4ccccc43)CC2)n1. The molecule has 2 aromatic rings. The summed E-state index contributed by atoms with van der Waals surface area (Å²) < 4.78 is 0. The zero-order valence-corrected chi connectivity index (χ0v) is 15.4. The lowest BCUT2D eigenvalue weighted by Gasteiger charge is -2.33. The molecule has 0 N–H and O–H groups in total. The Hall–Kier alpha value is -2.63. The Bertz CT molecular complexity index is 798. The Balaban J connectivity index is 1.41. The number of benzene rings is 1. The molecule has 4 rings (SSSR count). The van der Waals surface area contributed by atoms with E-state index in [0.717, 1.165) is 56.4 Å². The smallest absolute Gasteiger partial charge is 0.230 e. The molecule has 0 atom stereocenters. The summed E-state index contributed by atoms with van der Waals surface area (Å²) in [6.07, 6.45) is 4.47. The number of carbonyl (C=O) groups excluding carboxylic acids is 1. The molecule has 0 unspecified atom stereocenters. The van der Waals surface area contributed by atoms with Crippen molar-refractivity contribution in [3.8, 4) is 0 Å². The van der Waals surface area contributed by atoms with Gasteiger partial charge in [-0.05, 0) is 37.0 Å². The van der Waals surface area contributed by atoms with Crippen LogP contribution >= 0.6 is 0 Å². The van der Waals surface area contributed by atoms with E-state index in [1.54, 1.807) is 6.20 Å². The molecule has 2 aliphatic rings. The topological polar surface area (TPSA) is 52.6 Å². The van der Waals surface area contributed by atoms with Crippen molar-refractivity contribution in [3.05, 3.63) is 42.1 Å². The molecule has 0 spiro atoms. The number of hydrogen-bond donors (Lipinski definition) is 0. The summed E-state index contributed by atoms with van der Waals surface area (Å²) in [6.45, 7) is 2.46. The monoisotopic (exact) mass is 351 g/mol. The Labute approximate surface area is 154 Å². The molecule has 136 valence electrons. The summed E-state index contributed by atoms with van der Waals surface area (Å²) in [6, 6.07) is 10.2. The van der Waals surface area contributed by atoms with Crippen LogP contribution in [0.2, 0.25) is 0 Å². The molecular formula is C20H25N5O. The van der Waals surface area contributed by atoms with Gasteiger partial charge in [0, 0.05) is 51.5 Å². The fraction of sp³-hybridized carbons (Fsp3) is 0.450. The van der Waals surface area contributed by atoms with Gasteiger partial charge < -0.3 is 14.7 Å². The first kappa shape index (κ1) is 16.8. The zero-order valence-electron chi connectivity index (χ0n) is 15.4. The molecule has 2 aliphatic heterocycles. The third-order valence-electron chi connectivity index (χ3n) is 5.37. The van der Waals surface area contributed by atoms with Crippen molar-refractivity contribution in [3.63, 3.8) is 0 Å². The lowest BCUT2D eigenvalue weighted by atomic mass is 9.95. The molecule has 1 aromatic heterocycles. The van der Waals surface area contributed by atoms with Crippen molar-refractivity contribution in [2.45, 2.75) is 19.3 Å². The first-order chi connectivity index (χ1) is 12.6. The van der Waals surface area contributed by atoms with Crippen molar-refractivity contribution in [1.29, 1.82) is 0 Å². The lowest BCUT2D eigenvalue weighted by Crippen LogP contribution is -2.42. The average molecular weight is 351 g/mol. The van der Waals surface area contributed by atoms with Gasteiger partial charge in [0.15, 0.2) is 0 Å². The van der Waals surface area contributed by atoms with E-state index in [4.69, 9.17) is 0 Å². The van der Waals surface area contributed by atoms with E-state index in [1.807, 2.05) is 42.1 Å². The molecule has 0 bridgehead atoms. The standard InChI is InChI=1S/C20H25N5O/c1-23(2)18-7-11-21-20(22-18)24-12-8-16(9-13-24)19(26)25-14-10-15-5-3-4-6-17(15)25/h3-7,11,16H,8-10,12-14H2,1-2H3. The number of piperidine rings is 1. The number of nitrogens with zero attached hydrogens (tertiary/aromatic N) is 5. The number of fused-ring (bicyclic) bond motifs is 1. The maximum absolute atomic E-state index is 13.0. The highest BCUT2D eigenvalue weighted by molar-refractivity contribution is 5.97. The van der Waals surface area contributed by atoms with Crippen molar-refractivity contribution < 1.29 is 4.79 Å². The van der Waals surface area contributed by atoms with Crippen LogP contribution in [0.3, 0.4) is 0 Å². The maximum Gasteiger partial charge on any atom is 0.230 e. The van der Waals surface area contributed by atoms with Crippen LogP contribution in [0.25, 0.3) is 0 Å². The number of rotatable bonds is 3. The quantitative estimate of drug-likeness (QED) is 0.850. The Morgan fingerprint density at radius 3 is 2.65 bits per heavy atom. The maximum atomic E-state index is 13.0. The van der Waals surface area contributed by atoms with Crippen LogP contribution in [-0.2, 0) is 11.2 Å². The molecule has 1 amide bonds. The molecule has 3 heterocycles. The van der Waals surface area contributed by atoms with E-state index in [2.05, 4.69) is 27.0 Å². The van der Waals surface area contributed by atoms with E-state index in [9.17, 15) is 4.79 Å². The summed E-state index contributed by atoms with van der Waals surface area (Å²) in [5.41, 5.74) is 2.38. The van der Waals surface area contributed by atoms with Crippen LogP contribution in [0.1, 0.15) is 18.4 Å². The summed E-state index contributed by atoms with van der Waals surface area (Å²) in [7, 11) is 3.95. The van der Waals surface area contributed by atoms with Gasteiger partial charge in [-0.25, -0.2) is 4.98 Å². The Morgan fingerprint density at radius 2 is 1.88 bits per heavy atom. The van der Waals surface area contributed by atoms with Gasteiger partial charge >= 0.3 is 0 Å². The van der Waals surface area contributed by atoms with E-state index in [0.29, 0.717) is 0 Å². The number of anilines is 3. The molecule has 26 heavy (non-hydrogen) atoms. The number of para-hydroxylation sites is 1. The number of amides is 1. The highest BCUT2D eigenvalue weighted by atomic mass is 16.2. The van der Waals surface area contributed by atoms with E-state index >= 15 is 0 Å². The highest BCUT2D eigenvalue weighted by Crippen LogP contribution is 2.31. The van der Waals surface area contributed by atoms with Gasteiger partial charge in [-0.15, -0.1) is 0 Å². The Kier molecular flexibility index (Phi) is 4.49. The molecule has 1 aromatic carbocycles. The first-order valence-electron chi connectivity index (χ1n) is 9.28. The average Bonchev–Trinajstić information content (AvgIpc) is 3.12. The van der Waals surface area contributed by atoms with Gasteiger partial charge in [-0.3, -0.25) is 4.79 Å². The van der Waals surface area contributed by atoms with Crippen LogP contribution in [0.5, 0.6) is 0 Å². The van der Waals surface area contributed by atoms with Gasteiger partial charge in [-0.1, -0.05) is 18.2 Å². The second kappa shape index (κ2) is 6.94. The predicted octanol–water partition coefficient (Wildman–Crippen LogP) is 2.35. The van der Waals surface area contributed by atoms with E-state index < -0.39 is 0 Å². The second-order valence-corrected chi connectivity index (χ2v) is 7.24. The van der Waals surface area contributed by atoms with Crippen LogP contribution in [0.4, 0.5) is 17.5 Å². The molecule has 1 saturated heterocycles. The largest absolute Gasteiger partial charge is 0.363 e. The van der Waals surface area contributed by atoms with E-state index in [-0.39, 0.29) is 11.8 Å². The van der Waals surface area contributed by atoms with Crippen LogP contribution in [-0.4, -0.2) is 49.6 Å². The summed E-state index contributed by atoms with van der Waals surface area (Å²) in [4.78, 5) is 28.2. The molecule has 6 heteroatoms. The fourth-order valence-electron chi connectivity index (χ4n) is 3.85. The summed E-state index contributed by atoms with van der Waals surface area (Å²) in [5, 5.41) is 0. The van der Waals surface area contributed by atoms with Crippen LogP contribution < -0.4 is 14.7 Å². The van der Waals surface area contributed by atoms with Gasteiger partial charge in [0.1, 0.15) is 5.82 Å². The molecule has 0 saturated carbocycles. The minimum Gasteiger partial charge on any atom is -0.363 e.